The van der Waals surface area contributed by atoms with Crippen LogP contribution < -0.4 is 10.3 Å². The lowest BCUT2D eigenvalue weighted by atomic mass is 10.2. The third-order valence-electron chi connectivity index (χ3n) is 2.78. The summed E-state index contributed by atoms with van der Waals surface area (Å²) in [6, 6.07) is 8.99. The van der Waals surface area contributed by atoms with Crippen molar-refractivity contribution in [1.29, 1.82) is 0 Å². The van der Waals surface area contributed by atoms with Gasteiger partial charge in [0.25, 0.3) is 5.82 Å². The van der Waals surface area contributed by atoms with Crippen LogP contribution >= 0.6 is 23.2 Å². The van der Waals surface area contributed by atoms with Gasteiger partial charge in [-0.25, -0.2) is 15.1 Å². The molecular formula is C16H15Cl2N2O+. The lowest BCUT2D eigenvalue weighted by Crippen LogP contribution is -2.19. The van der Waals surface area contributed by atoms with Crippen LogP contribution in [0.15, 0.2) is 36.4 Å². The van der Waals surface area contributed by atoms with E-state index in [2.05, 4.69) is 10.3 Å². The van der Waals surface area contributed by atoms with E-state index in [1.807, 2.05) is 26.0 Å². The third kappa shape index (κ3) is 4.59. The van der Waals surface area contributed by atoms with Gasteiger partial charge in [-0.05, 0) is 49.2 Å². The summed E-state index contributed by atoms with van der Waals surface area (Å²) >= 11 is 11.9. The quantitative estimate of drug-likeness (QED) is 0.850. The molecule has 0 radical (unpaired) electrons. The Balaban J connectivity index is 2.09. The number of pyridine rings is 1. The van der Waals surface area contributed by atoms with E-state index in [9.17, 15) is 4.79 Å². The minimum absolute atomic E-state index is 0.234. The highest BCUT2D eigenvalue weighted by Crippen LogP contribution is 2.21. The number of carbonyl (C=O) groups is 1. The predicted molar refractivity (Wildman–Crippen MR) is 86.6 cm³/mol. The zero-order valence-electron chi connectivity index (χ0n) is 11.7. The van der Waals surface area contributed by atoms with Crippen LogP contribution in [-0.4, -0.2) is 5.91 Å². The Labute approximate surface area is 133 Å². The van der Waals surface area contributed by atoms with Crippen molar-refractivity contribution in [2.45, 2.75) is 13.8 Å². The topological polar surface area (TPSA) is 43.2 Å². The van der Waals surface area contributed by atoms with Crippen molar-refractivity contribution in [1.82, 2.24) is 0 Å². The number of hydrogen-bond acceptors (Lipinski definition) is 1. The number of aryl methyl sites for hydroxylation is 2. The minimum atomic E-state index is -0.234. The monoisotopic (exact) mass is 321 g/mol. The number of aromatic amines is 1. The van der Waals surface area contributed by atoms with Gasteiger partial charge in [-0.15, -0.1) is 0 Å². The number of H-pyrrole nitrogens is 1. The molecule has 1 aromatic carbocycles. The molecule has 0 saturated carbocycles. The van der Waals surface area contributed by atoms with E-state index in [-0.39, 0.29) is 5.91 Å². The zero-order chi connectivity index (χ0) is 15.4. The smallest absolute Gasteiger partial charge is 0.245 e. The molecule has 3 nitrogen and oxygen atoms in total. The highest BCUT2D eigenvalue weighted by molar-refractivity contribution is 6.35. The average molecular weight is 322 g/mol. The first-order valence-electron chi connectivity index (χ1n) is 6.39. The lowest BCUT2D eigenvalue weighted by Gasteiger charge is -1.99. The van der Waals surface area contributed by atoms with Gasteiger partial charge in [-0.1, -0.05) is 29.3 Å². The van der Waals surface area contributed by atoms with Crippen LogP contribution in [0.25, 0.3) is 6.08 Å². The largest absolute Gasteiger partial charge is 0.331 e. The van der Waals surface area contributed by atoms with Gasteiger partial charge in [-0.2, -0.15) is 0 Å². The molecule has 2 aromatic rings. The van der Waals surface area contributed by atoms with E-state index in [0.717, 1.165) is 16.8 Å². The lowest BCUT2D eigenvalue weighted by molar-refractivity contribution is -0.370. The predicted octanol–water partition coefficient (Wildman–Crippen LogP) is 4.08. The third-order valence-corrected chi connectivity index (χ3v) is 3.35. The van der Waals surface area contributed by atoms with Crippen molar-refractivity contribution in [2.24, 2.45) is 0 Å². The summed E-state index contributed by atoms with van der Waals surface area (Å²) in [6.45, 7) is 3.91. The summed E-state index contributed by atoms with van der Waals surface area (Å²) in [4.78, 5) is 15.0. The standard InChI is InChI=1S/C16H14Cl2N2O/c1-10-7-11(2)19-15(8-10)20-16(21)6-4-12-3-5-13(17)9-14(12)18/h3-9H,1-2H3,(H,19,20,21)/p+1. The van der Waals surface area contributed by atoms with Gasteiger partial charge in [-0.3, -0.25) is 0 Å². The van der Waals surface area contributed by atoms with Crippen molar-refractivity contribution >= 4 is 41.0 Å². The SMILES string of the molecule is Cc1cc(C)[nH+]c(NC(=O)C=Cc2ccc(Cl)cc2Cl)c1. The van der Waals surface area contributed by atoms with Crippen molar-refractivity contribution in [3.63, 3.8) is 0 Å². The fourth-order valence-electron chi connectivity index (χ4n) is 1.94. The van der Waals surface area contributed by atoms with Gasteiger partial charge in [0.2, 0.25) is 0 Å². The summed E-state index contributed by atoms with van der Waals surface area (Å²) < 4.78 is 0. The Bertz CT molecular complexity index is 691. The van der Waals surface area contributed by atoms with Crippen LogP contribution in [0.1, 0.15) is 16.8 Å². The second kappa shape index (κ2) is 6.74. The molecule has 1 aromatic heterocycles. The maximum Gasteiger partial charge on any atom is 0.331 e. The molecule has 2 rings (SSSR count). The summed E-state index contributed by atoms with van der Waals surface area (Å²) in [7, 11) is 0. The van der Waals surface area contributed by atoms with E-state index >= 15 is 0 Å². The summed E-state index contributed by atoms with van der Waals surface area (Å²) in [5, 5.41) is 3.84. The molecule has 0 aliphatic carbocycles. The summed E-state index contributed by atoms with van der Waals surface area (Å²) in [5.74, 6) is 0.423. The second-order valence-electron chi connectivity index (χ2n) is 4.74. The summed E-state index contributed by atoms with van der Waals surface area (Å²) in [5.41, 5.74) is 2.79. The van der Waals surface area contributed by atoms with E-state index < -0.39 is 0 Å². The highest BCUT2D eigenvalue weighted by atomic mass is 35.5. The number of nitrogens with one attached hydrogen (secondary N) is 2. The molecule has 0 unspecified atom stereocenters. The van der Waals surface area contributed by atoms with Crippen LogP contribution in [0, 0.1) is 13.8 Å². The van der Waals surface area contributed by atoms with Gasteiger partial charge >= 0.3 is 5.91 Å². The van der Waals surface area contributed by atoms with Gasteiger partial charge in [0.15, 0.2) is 0 Å². The molecule has 5 heteroatoms. The van der Waals surface area contributed by atoms with E-state index in [0.29, 0.717) is 15.9 Å². The minimum Gasteiger partial charge on any atom is -0.245 e. The average Bonchev–Trinajstić information content (AvgIpc) is 2.36. The van der Waals surface area contributed by atoms with E-state index in [4.69, 9.17) is 23.2 Å². The Kier molecular flexibility index (Phi) is 4.99. The number of benzene rings is 1. The molecular weight excluding hydrogens is 307 g/mol. The van der Waals surface area contributed by atoms with E-state index in [1.165, 1.54) is 6.08 Å². The number of rotatable bonds is 3. The Hall–Kier alpha value is -1.84. The summed E-state index contributed by atoms with van der Waals surface area (Å²) in [6.07, 6.45) is 3.08. The maximum atomic E-state index is 11.9. The van der Waals surface area contributed by atoms with Crippen LogP contribution in [0.4, 0.5) is 5.82 Å². The highest BCUT2D eigenvalue weighted by Gasteiger charge is 2.08. The molecule has 108 valence electrons. The van der Waals surface area contributed by atoms with Crippen LogP contribution in [0.2, 0.25) is 10.0 Å². The molecule has 0 spiro atoms. The number of hydrogen-bond donors (Lipinski definition) is 1. The molecule has 0 saturated heterocycles. The van der Waals surface area contributed by atoms with Crippen LogP contribution in [0.5, 0.6) is 0 Å². The maximum absolute atomic E-state index is 11.9. The first-order valence-corrected chi connectivity index (χ1v) is 7.14. The fraction of sp³-hybridized carbons (Fsp3) is 0.125. The normalized spacial score (nSPS) is 10.9. The van der Waals surface area contributed by atoms with Gasteiger partial charge in [0, 0.05) is 22.2 Å². The van der Waals surface area contributed by atoms with Crippen molar-refractivity contribution in [3.05, 3.63) is 63.3 Å². The molecule has 0 aliphatic heterocycles. The Morgan fingerprint density at radius 1 is 1.19 bits per heavy atom. The van der Waals surface area contributed by atoms with E-state index in [1.54, 1.807) is 24.3 Å². The second-order valence-corrected chi connectivity index (χ2v) is 5.59. The van der Waals surface area contributed by atoms with Gasteiger partial charge in [0.1, 0.15) is 0 Å². The molecule has 0 fully saturated rings. The molecule has 0 aliphatic rings. The molecule has 0 bridgehead atoms. The molecule has 21 heavy (non-hydrogen) atoms. The first kappa shape index (κ1) is 15.5. The number of amides is 1. The number of carbonyl (C=O) groups excluding carboxylic acids is 1. The fourth-order valence-corrected chi connectivity index (χ4v) is 2.41. The van der Waals surface area contributed by atoms with Crippen LogP contribution in [-0.2, 0) is 4.79 Å². The van der Waals surface area contributed by atoms with Gasteiger partial charge < -0.3 is 0 Å². The van der Waals surface area contributed by atoms with Crippen molar-refractivity contribution in [3.8, 4) is 0 Å². The molecule has 2 N–H and O–H groups in total. The zero-order valence-corrected chi connectivity index (χ0v) is 13.2. The van der Waals surface area contributed by atoms with Crippen molar-refractivity contribution in [2.75, 3.05) is 5.32 Å². The number of anilines is 1. The van der Waals surface area contributed by atoms with Crippen molar-refractivity contribution < 1.29 is 9.78 Å². The van der Waals surface area contributed by atoms with Crippen LogP contribution in [0.3, 0.4) is 0 Å². The molecule has 0 atom stereocenters. The molecule has 1 amide bonds. The Morgan fingerprint density at radius 3 is 2.62 bits per heavy atom. The van der Waals surface area contributed by atoms with Gasteiger partial charge in [0.05, 0.1) is 5.69 Å². The molecule has 1 heterocycles. The number of halogens is 2. The first-order chi connectivity index (χ1) is 9.94. The number of aromatic nitrogens is 1. The Morgan fingerprint density at radius 2 is 1.95 bits per heavy atom.